The van der Waals surface area contributed by atoms with E-state index in [1.165, 1.54) is 11.8 Å². The van der Waals surface area contributed by atoms with E-state index in [2.05, 4.69) is 45.1 Å². The van der Waals surface area contributed by atoms with Crippen LogP contribution in [-0.2, 0) is 11.8 Å². The lowest BCUT2D eigenvalue weighted by Crippen LogP contribution is -2.26. The molecule has 7 nitrogen and oxygen atoms in total. The molecule has 0 fully saturated rings. The van der Waals surface area contributed by atoms with E-state index in [-0.39, 0.29) is 23.6 Å². The van der Waals surface area contributed by atoms with Crippen molar-refractivity contribution in [1.82, 2.24) is 20.1 Å². The van der Waals surface area contributed by atoms with Crippen LogP contribution in [0.5, 0.6) is 0 Å². The fourth-order valence-corrected chi connectivity index (χ4v) is 4.11. The van der Waals surface area contributed by atoms with Crippen molar-refractivity contribution in [3.63, 3.8) is 0 Å². The van der Waals surface area contributed by atoms with Gasteiger partial charge in [0.25, 0.3) is 5.91 Å². The molecule has 0 saturated carbocycles. The van der Waals surface area contributed by atoms with E-state index in [1.807, 2.05) is 44.3 Å². The van der Waals surface area contributed by atoms with E-state index in [0.29, 0.717) is 16.4 Å². The van der Waals surface area contributed by atoms with Crippen LogP contribution in [0.3, 0.4) is 0 Å². The standard InChI is InChI=1S/C26H25N5O2S/c1-18(19-11-13-21(14-12-19)20-7-4-3-5-8-20)28-25(33)22-9-6-10-23(15-22)29-24(32)16-34-26-30-27-17-31(26)2/h3-15,17-18H,16H2,1-2H3,(H,28,33)(H,29,32). The summed E-state index contributed by atoms with van der Waals surface area (Å²) in [5, 5.41) is 14.3. The lowest BCUT2D eigenvalue weighted by atomic mass is 10.0. The van der Waals surface area contributed by atoms with Crippen LogP contribution in [0.25, 0.3) is 11.1 Å². The van der Waals surface area contributed by atoms with Crippen molar-refractivity contribution in [1.29, 1.82) is 0 Å². The van der Waals surface area contributed by atoms with Crippen molar-refractivity contribution < 1.29 is 9.59 Å². The molecule has 3 aromatic carbocycles. The summed E-state index contributed by atoms with van der Waals surface area (Å²) in [5.41, 5.74) is 4.34. The highest BCUT2D eigenvalue weighted by Crippen LogP contribution is 2.22. The Morgan fingerprint density at radius 1 is 0.971 bits per heavy atom. The highest BCUT2D eigenvalue weighted by Gasteiger charge is 2.13. The molecule has 1 unspecified atom stereocenters. The number of thioether (sulfide) groups is 1. The number of benzene rings is 3. The highest BCUT2D eigenvalue weighted by molar-refractivity contribution is 7.99. The number of carbonyl (C=O) groups excluding carboxylic acids is 2. The molecule has 2 N–H and O–H groups in total. The maximum Gasteiger partial charge on any atom is 0.251 e. The van der Waals surface area contributed by atoms with Gasteiger partial charge in [-0.15, -0.1) is 10.2 Å². The average Bonchev–Trinajstić information content (AvgIpc) is 3.28. The van der Waals surface area contributed by atoms with Crippen molar-refractivity contribution in [2.24, 2.45) is 7.05 Å². The third kappa shape index (κ3) is 5.90. The van der Waals surface area contributed by atoms with Gasteiger partial charge in [-0.1, -0.05) is 72.4 Å². The number of aryl methyl sites for hydroxylation is 1. The fourth-order valence-electron chi connectivity index (χ4n) is 3.43. The number of rotatable bonds is 8. The van der Waals surface area contributed by atoms with E-state index in [9.17, 15) is 9.59 Å². The van der Waals surface area contributed by atoms with E-state index in [4.69, 9.17) is 0 Å². The summed E-state index contributed by atoms with van der Waals surface area (Å²) in [4.78, 5) is 25.1. The third-order valence-electron chi connectivity index (χ3n) is 5.28. The second-order valence-corrected chi connectivity index (χ2v) is 8.77. The summed E-state index contributed by atoms with van der Waals surface area (Å²) in [6.07, 6.45) is 1.58. The molecule has 4 rings (SSSR count). The number of nitrogens with zero attached hydrogens (tertiary/aromatic N) is 3. The van der Waals surface area contributed by atoms with Crippen LogP contribution < -0.4 is 10.6 Å². The molecule has 0 spiro atoms. The fraction of sp³-hybridized carbons (Fsp3) is 0.154. The second kappa shape index (κ2) is 10.8. The molecule has 4 aromatic rings. The first-order chi connectivity index (χ1) is 16.5. The normalized spacial score (nSPS) is 11.6. The molecule has 172 valence electrons. The minimum Gasteiger partial charge on any atom is -0.346 e. The van der Waals surface area contributed by atoms with Crippen LogP contribution in [0.15, 0.2) is 90.3 Å². The Kier molecular flexibility index (Phi) is 7.39. The van der Waals surface area contributed by atoms with Crippen LogP contribution in [0.4, 0.5) is 5.69 Å². The molecular weight excluding hydrogens is 446 g/mol. The molecule has 8 heteroatoms. The van der Waals surface area contributed by atoms with E-state index in [1.54, 1.807) is 35.2 Å². The van der Waals surface area contributed by atoms with Gasteiger partial charge in [0.2, 0.25) is 5.91 Å². The lowest BCUT2D eigenvalue weighted by Gasteiger charge is -2.15. The third-order valence-corrected chi connectivity index (χ3v) is 6.31. The summed E-state index contributed by atoms with van der Waals surface area (Å²) in [6.45, 7) is 1.95. The minimum absolute atomic E-state index is 0.168. The van der Waals surface area contributed by atoms with Gasteiger partial charge in [-0.05, 0) is 41.8 Å². The number of amides is 2. The Bertz CT molecular complexity index is 1270. The number of hydrogen-bond acceptors (Lipinski definition) is 5. The SMILES string of the molecule is CC(NC(=O)c1cccc(NC(=O)CSc2nncn2C)c1)c1ccc(-c2ccccc2)cc1. The topological polar surface area (TPSA) is 88.9 Å². The zero-order chi connectivity index (χ0) is 23.9. The molecule has 0 bridgehead atoms. The maximum atomic E-state index is 12.8. The van der Waals surface area contributed by atoms with Crippen molar-refractivity contribution in [2.75, 3.05) is 11.1 Å². The Hall–Kier alpha value is -3.91. The van der Waals surface area contributed by atoms with Crippen molar-refractivity contribution in [3.05, 3.63) is 96.3 Å². The van der Waals surface area contributed by atoms with Gasteiger partial charge < -0.3 is 15.2 Å². The van der Waals surface area contributed by atoms with E-state index < -0.39 is 0 Å². The van der Waals surface area contributed by atoms with Gasteiger partial charge in [-0.3, -0.25) is 9.59 Å². The predicted octanol–water partition coefficient (Wildman–Crippen LogP) is 4.70. The van der Waals surface area contributed by atoms with Gasteiger partial charge in [0.1, 0.15) is 6.33 Å². The van der Waals surface area contributed by atoms with Gasteiger partial charge in [0.05, 0.1) is 11.8 Å². The van der Waals surface area contributed by atoms with Gasteiger partial charge in [-0.25, -0.2) is 0 Å². The van der Waals surface area contributed by atoms with Gasteiger partial charge in [0.15, 0.2) is 5.16 Å². The van der Waals surface area contributed by atoms with Crippen LogP contribution >= 0.6 is 11.8 Å². The van der Waals surface area contributed by atoms with E-state index >= 15 is 0 Å². The molecule has 0 radical (unpaired) electrons. The molecular formula is C26H25N5O2S. The monoisotopic (exact) mass is 471 g/mol. The van der Waals surface area contributed by atoms with Crippen LogP contribution in [0.1, 0.15) is 28.9 Å². The molecule has 0 saturated heterocycles. The van der Waals surface area contributed by atoms with Crippen LogP contribution in [0.2, 0.25) is 0 Å². The zero-order valence-electron chi connectivity index (χ0n) is 18.9. The zero-order valence-corrected chi connectivity index (χ0v) is 19.8. The summed E-state index contributed by atoms with van der Waals surface area (Å²) < 4.78 is 1.75. The molecule has 1 aromatic heterocycles. The first kappa shape index (κ1) is 23.3. The van der Waals surface area contributed by atoms with Gasteiger partial charge >= 0.3 is 0 Å². The molecule has 2 amide bonds. The number of nitrogens with one attached hydrogen (secondary N) is 2. The summed E-state index contributed by atoms with van der Waals surface area (Å²) in [5.74, 6) is -0.194. The quantitative estimate of drug-likeness (QED) is 0.364. The van der Waals surface area contributed by atoms with Crippen molar-refractivity contribution in [3.8, 4) is 11.1 Å². The number of anilines is 1. The molecule has 0 aliphatic rings. The Morgan fingerprint density at radius 3 is 2.41 bits per heavy atom. The van der Waals surface area contributed by atoms with Crippen LogP contribution in [0, 0.1) is 0 Å². The number of hydrogen-bond donors (Lipinski definition) is 2. The molecule has 0 aliphatic carbocycles. The lowest BCUT2D eigenvalue weighted by molar-refractivity contribution is -0.113. The van der Waals surface area contributed by atoms with Crippen molar-refractivity contribution in [2.45, 2.75) is 18.1 Å². The largest absolute Gasteiger partial charge is 0.346 e. The maximum absolute atomic E-state index is 12.8. The number of aromatic nitrogens is 3. The summed E-state index contributed by atoms with van der Waals surface area (Å²) >= 11 is 1.30. The Labute approximate surface area is 202 Å². The molecule has 34 heavy (non-hydrogen) atoms. The smallest absolute Gasteiger partial charge is 0.251 e. The Morgan fingerprint density at radius 2 is 1.71 bits per heavy atom. The highest BCUT2D eigenvalue weighted by atomic mass is 32.2. The average molecular weight is 472 g/mol. The number of carbonyl (C=O) groups is 2. The van der Waals surface area contributed by atoms with Gasteiger partial charge in [-0.2, -0.15) is 0 Å². The first-order valence-electron chi connectivity index (χ1n) is 10.8. The molecule has 1 heterocycles. The summed E-state index contributed by atoms with van der Waals surface area (Å²) in [7, 11) is 1.82. The molecule has 0 aliphatic heterocycles. The predicted molar refractivity (Wildman–Crippen MR) is 135 cm³/mol. The first-order valence-corrected chi connectivity index (χ1v) is 11.8. The van der Waals surface area contributed by atoms with Crippen molar-refractivity contribution >= 4 is 29.3 Å². The minimum atomic E-state index is -0.204. The molecule has 1 atom stereocenters. The summed E-state index contributed by atoms with van der Waals surface area (Å²) in [6, 6.07) is 25.1. The van der Waals surface area contributed by atoms with Crippen LogP contribution in [-0.4, -0.2) is 32.3 Å². The van der Waals surface area contributed by atoms with Gasteiger partial charge in [0, 0.05) is 18.3 Å². The Balaban J connectivity index is 1.34. The van der Waals surface area contributed by atoms with E-state index in [0.717, 1.165) is 16.7 Å². The second-order valence-electron chi connectivity index (χ2n) is 7.83.